The lowest BCUT2D eigenvalue weighted by molar-refractivity contribution is -0.139. The second kappa shape index (κ2) is 14.5. The molecule has 0 unspecified atom stereocenters. The van der Waals surface area contributed by atoms with Gasteiger partial charge in [-0.25, -0.2) is 8.42 Å². The molecule has 0 heterocycles. The molecule has 3 aromatic carbocycles. The van der Waals surface area contributed by atoms with Gasteiger partial charge in [0.15, 0.2) is 0 Å². The molecule has 1 N–H and O–H groups in total. The van der Waals surface area contributed by atoms with Crippen LogP contribution in [0.25, 0.3) is 0 Å². The average Bonchev–Trinajstić information content (AvgIpc) is 2.99. The van der Waals surface area contributed by atoms with Crippen LogP contribution in [0.4, 0.5) is 5.69 Å². The van der Waals surface area contributed by atoms with Gasteiger partial charge < -0.3 is 19.7 Å². The molecule has 0 aliphatic rings. The van der Waals surface area contributed by atoms with Crippen LogP contribution in [0.5, 0.6) is 11.5 Å². The van der Waals surface area contributed by atoms with E-state index in [1.165, 1.54) is 17.0 Å². The summed E-state index contributed by atoms with van der Waals surface area (Å²) in [5.41, 5.74) is 1.10. The van der Waals surface area contributed by atoms with Gasteiger partial charge in [-0.05, 0) is 81.3 Å². The lowest BCUT2D eigenvalue weighted by Gasteiger charge is -2.32. The fraction of sp³-hybridized carbons (Fsp3) is 0.355. The number of rotatable bonds is 14. The Kier molecular flexibility index (Phi) is 11.2. The van der Waals surface area contributed by atoms with Crippen molar-refractivity contribution in [3.8, 4) is 11.5 Å². The minimum Gasteiger partial charge on any atom is -0.497 e. The third-order valence-corrected chi connectivity index (χ3v) is 8.51. The fourth-order valence-electron chi connectivity index (χ4n) is 4.10. The first kappa shape index (κ1) is 31.5. The minimum atomic E-state index is -4.15. The number of nitrogens with zero attached hydrogens (tertiary/aromatic N) is 2. The number of anilines is 1. The van der Waals surface area contributed by atoms with Crippen molar-refractivity contribution in [2.75, 3.05) is 24.6 Å². The molecule has 41 heavy (non-hydrogen) atoms. The van der Waals surface area contributed by atoms with E-state index >= 15 is 0 Å². The van der Waals surface area contributed by atoms with Crippen molar-refractivity contribution in [1.82, 2.24) is 10.2 Å². The summed E-state index contributed by atoms with van der Waals surface area (Å²) in [5.74, 6) is 0.360. The molecular weight excluding hydrogens is 542 g/mol. The predicted octanol–water partition coefficient (Wildman–Crippen LogP) is 4.62. The van der Waals surface area contributed by atoms with Gasteiger partial charge in [-0.15, -0.1) is 0 Å². The van der Waals surface area contributed by atoms with Crippen LogP contribution in [0.15, 0.2) is 83.8 Å². The zero-order valence-electron chi connectivity index (χ0n) is 24.2. The number of nitrogens with one attached hydrogen (secondary N) is 1. The zero-order chi connectivity index (χ0) is 30.0. The Bertz CT molecular complexity index is 1380. The number of sulfonamides is 1. The summed E-state index contributed by atoms with van der Waals surface area (Å²) in [7, 11) is -2.59. The van der Waals surface area contributed by atoms with E-state index in [0.29, 0.717) is 23.8 Å². The highest BCUT2D eigenvalue weighted by atomic mass is 32.2. The summed E-state index contributed by atoms with van der Waals surface area (Å²) in [6, 6.07) is 20.7. The molecule has 9 nitrogen and oxygen atoms in total. The lowest BCUT2D eigenvalue weighted by Crippen LogP contribution is -2.52. The number of hydrogen-bond donors (Lipinski definition) is 1. The molecule has 2 atom stereocenters. The molecule has 0 saturated carbocycles. The normalized spacial score (nSPS) is 12.6. The van der Waals surface area contributed by atoms with E-state index in [4.69, 9.17) is 9.47 Å². The first-order valence-corrected chi connectivity index (χ1v) is 15.1. The number of hydrogen-bond acceptors (Lipinski definition) is 6. The first-order chi connectivity index (χ1) is 19.6. The summed E-state index contributed by atoms with van der Waals surface area (Å²) < 4.78 is 39.6. The maximum Gasteiger partial charge on any atom is 0.264 e. The van der Waals surface area contributed by atoms with Gasteiger partial charge in [0.1, 0.15) is 24.1 Å². The largest absolute Gasteiger partial charge is 0.497 e. The van der Waals surface area contributed by atoms with Crippen LogP contribution >= 0.6 is 0 Å². The lowest BCUT2D eigenvalue weighted by atomic mass is 10.1. The van der Waals surface area contributed by atoms with Crippen LogP contribution in [-0.2, 0) is 26.2 Å². The molecule has 0 aromatic heterocycles. The van der Waals surface area contributed by atoms with Gasteiger partial charge in [-0.3, -0.25) is 13.9 Å². The highest BCUT2D eigenvalue weighted by Gasteiger charge is 2.32. The van der Waals surface area contributed by atoms with Crippen LogP contribution < -0.4 is 19.1 Å². The van der Waals surface area contributed by atoms with Crippen molar-refractivity contribution >= 4 is 27.5 Å². The van der Waals surface area contributed by atoms with Crippen molar-refractivity contribution in [1.29, 1.82) is 0 Å². The molecule has 0 saturated heterocycles. The van der Waals surface area contributed by atoms with E-state index in [1.54, 1.807) is 68.6 Å². The minimum absolute atomic E-state index is 0.0156. The average molecular weight is 582 g/mol. The number of amides is 2. The Morgan fingerprint density at radius 1 is 0.878 bits per heavy atom. The second-order valence-electron chi connectivity index (χ2n) is 9.62. The van der Waals surface area contributed by atoms with E-state index in [9.17, 15) is 18.0 Å². The van der Waals surface area contributed by atoms with Crippen LogP contribution in [0.3, 0.4) is 0 Å². The van der Waals surface area contributed by atoms with Gasteiger partial charge in [0.25, 0.3) is 10.0 Å². The highest BCUT2D eigenvalue weighted by Crippen LogP contribution is 2.26. The SMILES string of the molecule is CCOc1ccc(S(=O)(=O)N(CC(=O)N(Cc2ccc(OC)cc2)[C@@H](C)C(=O)N[C@H](C)CC)c2ccccc2)cc1. The predicted molar refractivity (Wildman–Crippen MR) is 159 cm³/mol. The van der Waals surface area contributed by atoms with Crippen molar-refractivity contribution in [3.63, 3.8) is 0 Å². The van der Waals surface area contributed by atoms with Gasteiger partial charge >= 0.3 is 0 Å². The maximum atomic E-state index is 14.0. The number of carbonyl (C=O) groups excluding carboxylic acids is 2. The summed E-state index contributed by atoms with van der Waals surface area (Å²) >= 11 is 0. The topological polar surface area (TPSA) is 105 Å². The summed E-state index contributed by atoms with van der Waals surface area (Å²) in [6.45, 7) is 7.38. The van der Waals surface area contributed by atoms with Gasteiger partial charge in [0, 0.05) is 12.6 Å². The van der Waals surface area contributed by atoms with Crippen molar-refractivity contribution < 1.29 is 27.5 Å². The van der Waals surface area contributed by atoms with Crippen LogP contribution in [0.1, 0.15) is 39.7 Å². The number of benzene rings is 3. The third kappa shape index (κ3) is 8.23. The number of para-hydroxylation sites is 1. The highest BCUT2D eigenvalue weighted by molar-refractivity contribution is 7.92. The van der Waals surface area contributed by atoms with Gasteiger partial charge in [-0.2, -0.15) is 0 Å². The quantitative estimate of drug-likeness (QED) is 0.298. The van der Waals surface area contributed by atoms with E-state index in [0.717, 1.165) is 16.3 Å². The molecule has 0 spiro atoms. The summed E-state index contributed by atoms with van der Waals surface area (Å²) in [4.78, 5) is 28.5. The third-order valence-electron chi connectivity index (χ3n) is 6.73. The van der Waals surface area contributed by atoms with Crippen LogP contribution in [0.2, 0.25) is 0 Å². The molecule has 10 heteroatoms. The first-order valence-electron chi connectivity index (χ1n) is 13.6. The maximum absolute atomic E-state index is 14.0. The Morgan fingerprint density at radius 3 is 2.05 bits per heavy atom. The molecule has 0 radical (unpaired) electrons. The van der Waals surface area contributed by atoms with Crippen LogP contribution in [0, 0.1) is 0 Å². The van der Waals surface area contributed by atoms with Crippen molar-refractivity contribution in [2.24, 2.45) is 0 Å². The monoisotopic (exact) mass is 581 g/mol. The van der Waals surface area contributed by atoms with Gasteiger partial charge in [-0.1, -0.05) is 37.3 Å². The van der Waals surface area contributed by atoms with Gasteiger partial charge in [0.2, 0.25) is 11.8 Å². The molecule has 0 bridgehead atoms. The van der Waals surface area contributed by atoms with E-state index in [-0.39, 0.29) is 23.4 Å². The van der Waals surface area contributed by atoms with Crippen molar-refractivity contribution in [2.45, 2.75) is 57.6 Å². The Balaban J connectivity index is 1.98. The van der Waals surface area contributed by atoms with Gasteiger partial charge in [0.05, 0.1) is 24.3 Å². The smallest absolute Gasteiger partial charge is 0.264 e. The zero-order valence-corrected chi connectivity index (χ0v) is 25.1. The van der Waals surface area contributed by atoms with E-state index < -0.39 is 28.5 Å². The molecule has 0 fully saturated rings. The Labute approximate surface area is 243 Å². The summed E-state index contributed by atoms with van der Waals surface area (Å²) in [5, 5.41) is 2.93. The molecule has 3 aromatic rings. The molecular formula is C31H39N3O6S. The standard InChI is InChI=1S/C31H39N3O6S/c1-6-23(3)32-31(36)24(4)33(21-25-13-15-27(39-5)16-14-25)30(35)22-34(26-11-9-8-10-12-26)41(37,38)29-19-17-28(18-20-29)40-7-2/h8-20,23-24H,6-7,21-22H2,1-5H3,(H,32,36)/t23-,24+/m1/s1. The van der Waals surface area contributed by atoms with Crippen molar-refractivity contribution in [3.05, 3.63) is 84.4 Å². The number of ether oxygens (including phenoxy) is 2. The molecule has 0 aliphatic heterocycles. The fourth-order valence-corrected chi connectivity index (χ4v) is 5.51. The second-order valence-corrected chi connectivity index (χ2v) is 11.5. The number of methoxy groups -OCH3 is 1. The molecule has 2 amide bonds. The number of carbonyl (C=O) groups is 2. The van der Waals surface area contributed by atoms with E-state index in [2.05, 4.69) is 5.32 Å². The molecule has 0 aliphatic carbocycles. The molecule has 3 rings (SSSR count). The Hall–Kier alpha value is -4.05. The van der Waals surface area contributed by atoms with E-state index in [1.807, 2.05) is 32.9 Å². The summed E-state index contributed by atoms with van der Waals surface area (Å²) in [6.07, 6.45) is 0.729. The Morgan fingerprint density at radius 2 is 1.49 bits per heavy atom. The van der Waals surface area contributed by atoms with Crippen LogP contribution in [-0.4, -0.2) is 57.5 Å². The molecule has 220 valence electrons.